The van der Waals surface area contributed by atoms with E-state index in [0.717, 1.165) is 12.2 Å². The van der Waals surface area contributed by atoms with Gasteiger partial charge < -0.3 is 4.98 Å². The van der Waals surface area contributed by atoms with E-state index in [4.69, 9.17) is 0 Å². The van der Waals surface area contributed by atoms with Gasteiger partial charge in [-0.1, -0.05) is 22.4 Å². The van der Waals surface area contributed by atoms with Crippen molar-refractivity contribution in [2.24, 2.45) is 0 Å². The Bertz CT molecular complexity index is 480. The van der Waals surface area contributed by atoms with Gasteiger partial charge in [-0.2, -0.15) is 0 Å². The molecule has 1 N–H and O–H groups in total. The van der Waals surface area contributed by atoms with Crippen molar-refractivity contribution < 1.29 is 0 Å². The molecule has 0 saturated heterocycles. The first-order valence-electron chi connectivity index (χ1n) is 6.57. The molecule has 0 radical (unpaired) electrons. The van der Waals surface area contributed by atoms with Crippen LogP contribution in [0, 0.1) is 0 Å². The van der Waals surface area contributed by atoms with Crippen LogP contribution >= 0.6 is 27.3 Å². The van der Waals surface area contributed by atoms with Crippen molar-refractivity contribution in [3.8, 4) is 0 Å². The van der Waals surface area contributed by atoms with Crippen LogP contribution in [0.5, 0.6) is 0 Å². The zero-order chi connectivity index (χ0) is 12.4. The summed E-state index contributed by atoms with van der Waals surface area (Å²) in [5.41, 5.74) is 1.59. The number of fused-ring (bicyclic) bond motifs is 1. The second-order valence-electron chi connectivity index (χ2n) is 4.87. The van der Waals surface area contributed by atoms with Crippen LogP contribution in [0.15, 0.2) is 18.5 Å². The second kappa shape index (κ2) is 5.57. The molecule has 0 fully saturated rings. The summed E-state index contributed by atoms with van der Waals surface area (Å²) in [6, 6.07) is 2.41. The number of nitrogens with zero attached hydrogens (tertiary/aromatic N) is 1. The minimum Gasteiger partial charge on any atom is -0.349 e. The predicted octanol–water partition coefficient (Wildman–Crippen LogP) is 4.42. The summed E-state index contributed by atoms with van der Waals surface area (Å²) >= 11 is 5.79. The van der Waals surface area contributed by atoms with Gasteiger partial charge in [-0.05, 0) is 37.3 Å². The standard InChI is InChI=1S/C14H17BrN2S/c15-11(9-14-16-6-7-17-14)13-8-10-4-2-1-3-5-12(10)18-13/h6-8,11H,1-5,9H2,(H,16,17). The molecule has 1 aliphatic rings. The lowest BCUT2D eigenvalue weighted by Crippen LogP contribution is -1.95. The van der Waals surface area contributed by atoms with E-state index in [0.29, 0.717) is 4.83 Å². The summed E-state index contributed by atoms with van der Waals surface area (Å²) in [5.74, 6) is 1.06. The van der Waals surface area contributed by atoms with E-state index in [1.807, 2.05) is 23.7 Å². The number of halogens is 1. The van der Waals surface area contributed by atoms with Crippen LogP contribution in [0.3, 0.4) is 0 Å². The van der Waals surface area contributed by atoms with Gasteiger partial charge in [-0.25, -0.2) is 4.98 Å². The van der Waals surface area contributed by atoms with E-state index in [2.05, 4.69) is 32.0 Å². The van der Waals surface area contributed by atoms with Gasteiger partial charge in [0, 0.05) is 28.6 Å². The zero-order valence-electron chi connectivity index (χ0n) is 10.3. The molecule has 1 aliphatic carbocycles. The Balaban J connectivity index is 1.76. The largest absolute Gasteiger partial charge is 0.349 e. The number of imidazole rings is 1. The lowest BCUT2D eigenvalue weighted by molar-refractivity contribution is 0.712. The average molecular weight is 325 g/mol. The molecule has 0 amide bonds. The number of aromatic nitrogens is 2. The van der Waals surface area contributed by atoms with Gasteiger partial charge in [-0.3, -0.25) is 0 Å². The van der Waals surface area contributed by atoms with Crippen molar-refractivity contribution in [1.82, 2.24) is 9.97 Å². The summed E-state index contributed by atoms with van der Waals surface area (Å²) in [5, 5.41) is 0. The molecule has 2 nitrogen and oxygen atoms in total. The monoisotopic (exact) mass is 324 g/mol. The molecule has 0 spiro atoms. The predicted molar refractivity (Wildman–Crippen MR) is 79.5 cm³/mol. The van der Waals surface area contributed by atoms with Gasteiger partial charge in [0.2, 0.25) is 0 Å². The minimum atomic E-state index is 0.389. The maximum absolute atomic E-state index is 4.30. The van der Waals surface area contributed by atoms with Gasteiger partial charge in [-0.15, -0.1) is 11.3 Å². The number of hydrogen-bond acceptors (Lipinski definition) is 2. The highest BCUT2D eigenvalue weighted by molar-refractivity contribution is 9.09. The third-order valence-corrected chi connectivity index (χ3v) is 5.97. The molecule has 3 rings (SSSR count). The normalized spacial score (nSPS) is 17.2. The SMILES string of the molecule is BrC(Cc1ncc[nH]1)c1cc2c(s1)CCCCC2. The highest BCUT2D eigenvalue weighted by Crippen LogP contribution is 2.36. The Morgan fingerprint density at radius 3 is 3.06 bits per heavy atom. The second-order valence-corrected chi connectivity index (χ2v) is 7.14. The first kappa shape index (κ1) is 12.4. The first-order chi connectivity index (χ1) is 8.83. The number of hydrogen-bond donors (Lipinski definition) is 1. The van der Waals surface area contributed by atoms with Crippen LogP contribution < -0.4 is 0 Å². The van der Waals surface area contributed by atoms with Crippen molar-refractivity contribution in [3.05, 3.63) is 39.6 Å². The third kappa shape index (κ3) is 2.69. The van der Waals surface area contributed by atoms with E-state index in [-0.39, 0.29) is 0 Å². The fraction of sp³-hybridized carbons (Fsp3) is 0.500. The first-order valence-corrected chi connectivity index (χ1v) is 8.30. The van der Waals surface area contributed by atoms with Crippen LogP contribution in [-0.4, -0.2) is 9.97 Å². The van der Waals surface area contributed by atoms with E-state index in [1.54, 1.807) is 10.4 Å². The van der Waals surface area contributed by atoms with E-state index >= 15 is 0 Å². The van der Waals surface area contributed by atoms with E-state index in [1.165, 1.54) is 37.0 Å². The fourth-order valence-corrected chi connectivity index (χ4v) is 4.48. The lowest BCUT2D eigenvalue weighted by atomic mass is 10.1. The molecule has 4 heteroatoms. The zero-order valence-corrected chi connectivity index (χ0v) is 12.7. The molecule has 2 heterocycles. The summed E-state index contributed by atoms with van der Waals surface area (Å²) in [6.07, 6.45) is 11.3. The summed E-state index contributed by atoms with van der Waals surface area (Å²) in [4.78, 5) is 10.9. The Morgan fingerprint density at radius 2 is 2.22 bits per heavy atom. The molecule has 96 valence electrons. The lowest BCUT2D eigenvalue weighted by Gasteiger charge is -2.04. The number of alkyl halides is 1. The van der Waals surface area contributed by atoms with E-state index in [9.17, 15) is 0 Å². The van der Waals surface area contributed by atoms with Crippen molar-refractivity contribution in [2.45, 2.75) is 43.4 Å². The Morgan fingerprint density at radius 1 is 1.33 bits per heavy atom. The maximum atomic E-state index is 4.30. The van der Waals surface area contributed by atoms with Gasteiger partial charge in [0.25, 0.3) is 0 Å². The third-order valence-electron chi connectivity index (χ3n) is 3.50. The highest BCUT2D eigenvalue weighted by atomic mass is 79.9. The van der Waals surface area contributed by atoms with Gasteiger partial charge in [0.15, 0.2) is 0 Å². The number of thiophene rings is 1. The summed E-state index contributed by atoms with van der Waals surface area (Å²) < 4.78 is 0. The van der Waals surface area contributed by atoms with Crippen molar-refractivity contribution in [1.29, 1.82) is 0 Å². The maximum Gasteiger partial charge on any atom is 0.107 e. The quantitative estimate of drug-likeness (QED) is 0.657. The number of rotatable bonds is 3. The molecule has 0 aliphatic heterocycles. The Labute approximate surface area is 120 Å². The summed E-state index contributed by atoms with van der Waals surface area (Å²) in [7, 11) is 0. The van der Waals surface area contributed by atoms with Gasteiger partial charge in [0.1, 0.15) is 5.82 Å². The number of nitrogens with one attached hydrogen (secondary N) is 1. The molecule has 0 bridgehead atoms. The topological polar surface area (TPSA) is 28.7 Å². The number of H-pyrrole nitrogens is 1. The molecular weight excluding hydrogens is 308 g/mol. The van der Waals surface area contributed by atoms with Crippen LogP contribution in [0.2, 0.25) is 0 Å². The van der Waals surface area contributed by atoms with Crippen molar-refractivity contribution in [2.75, 3.05) is 0 Å². The molecule has 2 aromatic heterocycles. The molecule has 1 atom stereocenters. The van der Waals surface area contributed by atoms with Crippen molar-refractivity contribution in [3.63, 3.8) is 0 Å². The molecule has 1 unspecified atom stereocenters. The average Bonchev–Trinajstić information content (AvgIpc) is 2.95. The molecule has 0 aromatic carbocycles. The van der Waals surface area contributed by atoms with Crippen LogP contribution in [0.1, 0.15) is 45.2 Å². The number of aryl methyl sites for hydroxylation is 2. The fourth-order valence-electron chi connectivity index (χ4n) is 2.52. The molecule has 18 heavy (non-hydrogen) atoms. The molecule has 0 saturated carbocycles. The van der Waals surface area contributed by atoms with Crippen LogP contribution in [0.25, 0.3) is 0 Å². The van der Waals surface area contributed by atoms with Crippen LogP contribution in [-0.2, 0) is 19.3 Å². The minimum absolute atomic E-state index is 0.389. The van der Waals surface area contributed by atoms with E-state index < -0.39 is 0 Å². The van der Waals surface area contributed by atoms with Gasteiger partial charge >= 0.3 is 0 Å². The molecular formula is C14H17BrN2S. The number of aromatic amines is 1. The Kier molecular flexibility index (Phi) is 3.85. The smallest absolute Gasteiger partial charge is 0.107 e. The van der Waals surface area contributed by atoms with Crippen LogP contribution in [0.4, 0.5) is 0 Å². The Hall–Kier alpha value is -0.610. The highest BCUT2D eigenvalue weighted by Gasteiger charge is 2.17. The summed E-state index contributed by atoms with van der Waals surface area (Å²) in [6.45, 7) is 0. The molecule has 2 aromatic rings. The van der Waals surface area contributed by atoms with Crippen molar-refractivity contribution >= 4 is 27.3 Å². The van der Waals surface area contributed by atoms with Gasteiger partial charge in [0.05, 0.1) is 4.83 Å².